The minimum atomic E-state index is -0.740. The molecule has 0 aliphatic rings. The largest absolute Gasteiger partial charge is 0.198 e. The van der Waals surface area contributed by atoms with Gasteiger partial charge in [-0.05, 0) is 23.3 Å². The van der Waals surface area contributed by atoms with Crippen molar-refractivity contribution in [3.8, 4) is 12.1 Å². The highest BCUT2D eigenvalue weighted by Gasteiger charge is 2.27. The summed E-state index contributed by atoms with van der Waals surface area (Å²) in [7, 11) is 0. The molecule has 1 atom stereocenters. The van der Waals surface area contributed by atoms with Gasteiger partial charge < -0.3 is 0 Å². The van der Waals surface area contributed by atoms with Gasteiger partial charge in [0.1, 0.15) is 0 Å². The summed E-state index contributed by atoms with van der Waals surface area (Å²) >= 11 is 0. The number of rotatable bonds is 2. The topological polar surface area (TPSA) is 47.6 Å². The molecule has 2 rings (SSSR count). The van der Waals surface area contributed by atoms with Crippen LogP contribution in [0, 0.1) is 22.7 Å². The maximum Gasteiger partial charge on any atom is 0.0929 e. The maximum atomic E-state index is 9.33. The molecule has 0 aromatic heterocycles. The van der Waals surface area contributed by atoms with Gasteiger partial charge in [-0.25, -0.2) is 0 Å². The summed E-state index contributed by atoms with van der Waals surface area (Å²) in [6, 6.07) is 18.2. The Hall–Kier alpha value is -2.32. The van der Waals surface area contributed by atoms with Gasteiger partial charge in [0.25, 0.3) is 0 Å². The van der Waals surface area contributed by atoms with E-state index in [1.807, 2.05) is 49.4 Å². The predicted molar refractivity (Wildman–Crippen MR) is 67.1 cm³/mol. The highest BCUT2D eigenvalue weighted by Crippen LogP contribution is 2.32. The van der Waals surface area contributed by atoms with Crippen molar-refractivity contribution in [1.82, 2.24) is 0 Å². The van der Waals surface area contributed by atoms with Crippen molar-refractivity contribution in [3.63, 3.8) is 0 Å². The number of hydrogen-bond acceptors (Lipinski definition) is 2. The minimum Gasteiger partial charge on any atom is -0.198 e. The fraction of sp³-hybridized carbons (Fsp3) is 0.200. The number of hydrogen-bond donors (Lipinski definition) is 0. The van der Waals surface area contributed by atoms with Crippen molar-refractivity contribution in [1.29, 1.82) is 10.5 Å². The van der Waals surface area contributed by atoms with Gasteiger partial charge in [-0.1, -0.05) is 42.5 Å². The molecule has 0 spiro atoms. The molecular weight excluding hydrogens is 208 g/mol. The smallest absolute Gasteiger partial charge is 0.0929 e. The van der Waals surface area contributed by atoms with Gasteiger partial charge in [0.05, 0.1) is 24.0 Å². The summed E-state index contributed by atoms with van der Waals surface area (Å²) in [6.07, 6.45) is 0.206. The van der Waals surface area contributed by atoms with E-state index < -0.39 is 5.41 Å². The van der Waals surface area contributed by atoms with Crippen molar-refractivity contribution < 1.29 is 0 Å². The number of nitrogens with zero attached hydrogens (tertiary/aromatic N) is 2. The van der Waals surface area contributed by atoms with Crippen LogP contribution in [0.5, 0.6) is 0 Å². The molecule has 0 heterocycles. The Kier molecular flexibility index (Phi) is 2.81. The molecular formula is C15H12N2. The first-order valence-corrected chi connectivity index (χ1v) is 5.48. The van der Waals surface area contributed by atoms with Gasteiger partial charge in [-0.3, -0.25) is 0 Å². The Morgan fingerprint density at radius 1 is 1.06 bits per heavy atom. The highest BCUT2D eigenvalue weighted by molar-refractivity contribution is 5.87. The molecule has 2 nitrogen and oxygen atoms in total. The molecule has 0 aliphatic heterocycles. The first-order valence-electron chi connectivity index (χ1n) is 5.48. The van der Waals surface area contributed by atoms with Crippen molar-refractivity contribution in [2.24, 2.45) is 0 Å². The van der Waals surface area contributed by atoms with Crippen LogP contribution in [0.2, 0.25) is 0 Å². The third kappa shape index (κ3) is 1.86. The first kappa shape index (κ1) is 11.2. The molecule has 0 amide bonds. The van der Waals surface area contributed by atoms with Crippen LogP contribution < -0.4 is 0 Å². The Bertz CT molecular complexity index is 626. The van der Waals surface area contributed by atoms with Gasteiger partial charge in [-0.15, -0.1) is 0 Å². The van der Waals surface area contributed by atoms with Crippen LogP contribution in [0.1, 0.15) is 18.9 Å². The van der Waals surface area contributed by atoms with Gasteiger partial charge in [0.2, 0.25) is 0 Å². The van der Waals surface area contributed by atoms with Crippen LogP contribution in [0.15, 0.2) is 42.5 Å². The number of fused-ring (bicyclic) bond motifs is 1. The van der Waals surface area contributed by atoms with Gasteiger partial charge >= 0.3 is 0 Å². The summed E-state index contributed by atoms with van der Waals surface area (Å²) in [5.41, 5.74) is 0.190. The lowest BCUT2D eigenvalue weighted by Gasteiger charge is -2.20. The normalized spacial score (nSPS) is 13.6. The number of benzene rings is 2. The van der Waals surface area contributed by atoms with E-state index in [0.29, 0.717) is 0 Å². The molecule has 0 bridgehead atoms. The van der Waals surface area contributed by atoms with Crippen LogP contribution in [-0.2, 0) is 5.41 Å². The van der Waals surface area contributed by atoms with Crippen LogP contribution in [0.4, 0.5) is 0 Å². The summed E-state index contributed by atoms with van der Waals surface area (Å²) < 4.78 is 0. The summed E-state index contributed by atoms with van der Waals surface area (Å²) in [4.78, 5) is 0. The van der Waals surface area contributed by atoms with E-state index in [-0.39, 0.29) is 6.42 Å². The van der Waals surface area contributed by atoms with E-state index in [1.54, 1.807) is 0 Å². The van der Waals surface area contributed by atoms with E-state index in [4.69, 9.17) is 5.26 Å². The van der Waals surface area contributed by atoms with Crippen LogP contribution in [-0.4, -0.2) is 0 Å². The molecule has 1 unspecified atom stereocenters. The third-order valence-electron chi connectivity index (χ3n) is 3.06. The monoisotopic (exact) mass is 220 g/mol. The molecule has 0 saturated carbocycles. The Morgan fingerprint density at radius 2 is 1.76 bits per heavy atom. The lowest BCUT2D eigenvalue weighted by molar-refractivity contribution is 0.633. The molecule has 82 valence electrons. The molecule has 0 saturated heterocycles. The maximum absolute atomic E-state index is 9.33. The fourth-order valence-corrected chi connectivity index (χ4v) is 2.06. The van der Waals surface area contributed by atoms with Crippen molar-refractivity contribution >= 4 is 10.8 Å². The molecule has 17 heavy (non-hydrogen) atoms. The van der Waals surface area contributed by atoms with Gasteiger partial charge in [-0.2, -0.15) is 10.5 Å². The van der Waals surface area contributed by atoms with E-state index in [1.165, 1.54) is 0 Å². The zero-order valence-electron chi connectivity index (χ0n) is 9.64. The second-order valence-corrected chi connectivity index (χ2v) is 4.31. The van der Waals surface area contributed by atoms with Crippen LogP contribution in [0.3, 0.4) is 0 Å². The van der Waals surface area contributed by atoms with E-state index >= 15 is 0 Å². The molecule has 2 heteroatoms. The van der Waals surface area contributed by atoms with Crippen molar-refractivity contribution in [2.75, 3.05) is 0 Å². The molecule has 2 aromatic carbocycles. The van der Waals surface area contributed by atoms with Gasteiger partial charge in [0.15, 0.2) is 0 Å². The zero-order valence-corrected chi connectivity index (χ0v) is 9.64. The van der Waals surface area contributed by atoms with Crippen molar-refractivity contribution in [3.05, 3.63) is 48.0 Å². The Labute approximate surface area is 101 Å². The molecule has 0 fully saturated rings. The molecule has 0 radical (unpaired) electrons. The van der Waals surface area contributed by atoms with E-state index in [0.717, 1.165) is 16.3 Å². The standard InChI is InChI=1S/C15H12N2/c1-15(11-17,9-10-16)14-8-4-6-12-5-2-3-7-13(12)14/h2-8H,9H2,1H3. The summed E-state index contributed by atoms with van der Waals surface area (Å²) in [5, 5.41) is 20.3. The average molecular weight is 220 g/mol. The number of nitriles is 2. The summed E-state index contributed by atoms with van der Waals surface area (Å²) in [5.74, 6) is 0. The zero-order chi connectivity index (χ0) is 12.3. The minimum absolute atomic E-state index is 0.206. The lowest BCUT2D eigenvalue weighted by Crippen LogP contribution is -2.19. The van der Waals surface area contributed by atoms with Gasteiger partial charge in [0, 0.05) is 0 Å². The second kappa shape index (κ2) is 4.28. The highest BCUT2D eigenvalue weighted by atomic mass is 14.4. The quantitative estimate of drug-likeness (QED) is 0.777. The predicted octanol–water partition coefficient (Wildman–Crippen LogP) is 3.53. The van der Waals surface area contributed by atoms with Crippen LogP contribution in [0.25, 0.3) is 10.8 Å². The van der Waals surface area contributed by atoms with E-state index in [2.05, 4.69) is 12.1 Å². The second-order valence-electron chi connectivity index (χ2n) is 4.31. The third-order valence-corrected chi connectivity index (χ3v) is 3.06. The Morgan fingerprint density at radius 3 is 2.47 bits per heavy atom. The summed E-state index contributed by atoms with van der Waals surface area (Å²) in [6.45, 7) is 1.82. The van der Waals surface area contributed by atoms with Crippen molar-refractivity contribution in [2.45, 2.75) is 18.8 Å². The molecule has 2 aromatic rings. The lowest BCUT2D eigenvalue weighted by atomic mass is 9.79. The molecule has 0 aliphatic carbocycles. The van der Waals surface area contributed by atoms with Crippen LogP contribution >= 0.6 is 0 Å². The SMILES string of the molecule is CC(C#N)(CC#N)c1cccc2ccccc12. The molecule has 0 N–H and O–H groups in total. The fourth-order valence-electron chi connectivity index (χ4n) is 2.06. The van der Waals surface area contributed by atoms with E-state index in [9.17, 15) is 5.26 Å². The average Bonchev–Trinajstić information content (AvgIpc) is 2.38. The Balaban J connectivity index is 2.72. The first-order chi connectivity index (χ1) is 8.21.